The van der Waals surface area contributed by atoms with Crippen molar-refractivity contribution in [2.45, 2.75) is 12.3 Å². The highest BCUT2D eigenvalue weighted by molar-refractivity contribution is 6.08. The second-order valence-electron chi connectivity index (χ2n) is 9.32. The average Bonchev–Trinajstić information content (AvgIpc) is 3.32. The second-order valence-corrected chi connectivity index (χ2v) is 9.32. The summed E-state index contributed by atoms with van der Waals surface area (Å²) >= 11 is 0. The predicted molar refractivity (Wildman–Crippen MR) is 151 cm³/mol. The van der Waals surface area contributed by atoms with Crippen molar-refractivity contribution in [1.82, 2.24) is 14.5 Å². The van der Waals surface area contributed by atoms with E-state index in [2.05, 4.69) is 113 Å². The Morgan fingerprint density at radius 3 is 2.22 bits per heavy atom. The van der Waals surface area contributed by atoms with Crippen molar-refractivity contribution in [3.8, 4) is 5.82 Å². The topological polar surface area (TPSA) is 43.1 Å². The quantitative estimate of drug-likeness (QED) is 0.263. The van der Waals surface area contributed by atoms with Crippen LogP contribution in [-0.2, 0) is 0 Å². The molecule has 1 unspecified atom stereocenters. The molecule has 176 valence electrons. The summed E-state index contributed by atoms with van der Waals surface area (Å²) < 4.78 is 2.22. The number of pyridine rings is 2. The molecule has 1 aliphatic rings. The SMILES string of the molecule is C1=C(c2ccccc2)N=C(c2ccccc2)CC1c1cccc(-n2c3ccccc3c3ccncc32)n1. The molecular weight excluding hydrogens is 452 g/mol. The van der Waals surface area contributed by atoms with Gasteiger partial charge in [-0.3, -0.25) is 14.5 Å². The van der Waals surface area contributed by atoms with Gasteiger partial charge in [-0.05, 0) is 41.5 Å². The first-order valence-electron chi connectivity index (χ1n) is 12.6. The van der Waals surface area contributed by atoms with E-state index in [0.29, 0.717) is 0 Å². The maximum Gasteiger partial charge on any atom is 0.137 e. The summed E-state index contributed by atoms with van der Waals surface area (Å²) in [6.45, 7) is 0. The lowest BCUT2D eigenvalue weighted by Crippen LogP contribution is -2.14. The van der Waals surface area contributed by atoms with Crippen LogP contribution in [0.1, 0.15) is 29.2 Å². The van der Waals surface area contributed by atoms with Crippen LogP contribution < -0.4 is 0 Å². The van der Waals surface area contributed by atoms with Gasteiger partial charge in [0, 0.05) is 35.0 Å². The van der Waals surface area contributed by atoms with Crippen LogP contribution in [0.4, 0.5) is 0 Å². The highest BCUT2D eigenvalue weighted by Gasteiger charge is 2.22. The zero-order chi connectivity index (χ0) is 24.6. The predicted octanol–water partition coefficient (Wildman–Crippen LogP) is 7.59. The molecular formula is C33H24N4. The Labute approximate surface area is 215 Å². The van der Waals surface area contributed by atoms with E-state index in [4.69, 9.17) is 9.98 Å². The second kappa shape index (κ2) is 8.99. The molecule has 0 amide bonds. The molecule has 4 heteroatoms. The molecule has 0 aliphatic carbocycles. The van der Waals surface area contributed by atoms with Gasteiger partial charge in [-0.25, -0.2) is 4.98 Å². The molecule has 4 heterocycles. The van der Waals surface area contributed by atoms with Crippen molar-refractivity contribution in [1.29, 1.82) is 0 Å². The maximum absolute atomic E-state index is 5.23. The highest BCUT2D eigenvalue weighted by Crippen LogP contribution is 2.35. The van der Waals surface area contributed by atoms with Crippen LogP contribution in [0, 0.1) is 0 Å². The smallest absolute Gasteiger partial charge is 0.137 e. The van der Waals surface area contributed by atoms with E-state index in [1.807, 2.05) is 24.5 Å². The molecule has 0 saturated carbocycles. The van der Waals surface area contributed by atoms with Crippen LogP contribution in [0.3, 0.4) is 0 Å². The minimum Gasteiger partial charge on any atom is -0.292 e. The molecule has 3 aromatic carbocycles. The molecule has 0 spiro atoms. The number of hydrogen-bond donors (Lipinski definition) is 0. The van der Waals surface area contributed by atoms with E-state index < -0.39 is 0 Å². The van der Waals surface area contributed by atoms with Gasteiger partial charge in [-0.2, -0.15) is 0 Å². The molecule has 6 aromatic rings. The highest BCUT2D eigenvalue weighted by atomic mass is 15.1. The number of hydrogen-bond acceptors (Lipinski definition) is 3. The number of rotatable bonds is 4. The van der Waals surface area contributed by atoms with Gasteiger partial charge in [0.15, 0.2) is 0 Å². The number of aliphatic imine (C=N–C) groups is 1. The number of allylic oxidation sites excluding steroid dienone is 1. The Morgan fingerprint density at radius 2 is 1.38 bits per heavy atom. The summed E-state index contributed by atoms with van der Waals surface area (Å²) in [5.41, 5.74) is 7.56. The lowest BCUT2D eigenvalue weighted by Gasteiger charge is -2.22. The number of aromatic nitrogens is 3. The summed E-state index contributed by atoms with van der Waals surface area (Å²) in [7, 11) is 0. The van der Waals surface area contributed by atoms with Gasteiger partial charge in [0.2, 0.25) is 0 Å². The zero-order valence-electron chi connectivity index (χ0n) is 20.2. The largest absolute Gasteiger partial charge is 0.292 e. The molecule has 1 atom stereocenters. The average molecular weight is 477 g/mol. The van der Waals surface area contributed by atoms with Crippen molar-refractivity contribution in [3.05, 3.63) is 144 Å². The first-order chi connectivity index (χ1) is 18.3. The lowest BCUT2D eigenvalue weighted by molar-refractivity contribution is 0.829. The van der Waals surface area contributed by atoms with Gasteiger partial charge < -0.3 is 0 Å². The van der Waals surface area contributed by atoms with Crippen molar-refractivity contribution in [3.63, 3.8) is 0 Å². The van der Waals surface area contributed by atoms with Crippen molar-refractivity contribution in [2.75, 3.05) is 0 Å². The number of para-hydroxylation sites is 1. The Hall–Kier alpha value is -4.83. The summed E-state index contributed by atoms with van der Waals surface area (Å²) in [6.07, 6.45) is 6.84. The zero-order valence-corrected chi connectivity index (χ0v) is 20.2. The molecule has 0 N–H and O–H groups in total. The van der Waals surface area contributed by atoms with E-state index in [9.17, 15) is 0 Å². The number of fused-ring (bicyclic) bond motifs is 3. The summed E-state index contributed by atoms with van der Waals surface area (Å²) in [4.78, 5) is 14.7. The lowest BCUT2D eigenvalue weighted by atomic mass is 9.89. The molecule has 0 radical (unpaired) electrons. The summed E-state index contributed by atoms with van der Waals surface area (Å²) in [6, 6.07) is 37.7. The van der Waals surface area contributed by atoms with Crippen LogP contribution in [0.5, 0.6) is 0 Å². The third-order valence-corrected chi connectivity index (χ3v) is 7.05. The first kappa shape index (κ1) is 21.5. The number of nitrogens with zero attached hydrogens (tertiary/aromatic N) is 4. The fourth-order valence-electron chi connectivity index (χ4n) is 5.29. The molecule has 1 aliphatic heterocycles. The van der Waals surface area contributed by atoms with E-state index >= 15 is 0 Å². The Kier molecular flexibility index (Phi) is 5.21. The standard InChI is InChI=1S/C33H24N4/c1-3-10-23(11-4-1)29-20-25(21-30(35-29)24-12-5-2-6-13-24)28-15-9-17-33(36-28)37-31-16-8-7-14-26(31)27-18-19-34-22-32(27)37/h1-20,22,25H,21H2. The van der Waals surface area contributed by atoms with Crippen molar-refractivity contribution >= 4 is 33.2 Å². The third-order valence-electron chi connectivity index (χ3n) is 7.05. The summed E-state index contributed by atoms with van der Waals surface area (Å²) in [5, 5.41) is 2.38. The van der Waals surface area contributed by atoms with Gasteiger partial charge in [-0.1, -0.05) is 84.9 Å². The van der Waals surface area contributed by atoms with E-state index in [1.165, 1.54) is 10.8 Å². The minimum absolute atomic E-state index is 0.106. The Morgan fingerprint density at radius 1 is 0.649 bits per heavy atom. The van der Waals surface area contributed by atoms with Crippen LogP contribution >= 0.6 is 0 Å². The van der Waals surface area contributed by atoms with Gasteiger partial charge in [0.1, 0.15) is 5.82 Å². The van der Waals surface area contributed by atoms with Gasteiger partial charge >= 0.3 is 0 Å². The molecule has 0 bridgehead atoms. The molecule has 0 saturated heterocycles. The normalized spacial score (nSPS) is 15.5. The molecule has 0 fully saturated rings. The van der Waals surface area contributed by atoms with E-state index in [0.717, 1.165) is 51.5 Å². The van der Waals surface area contributed by atoms with Crippen molar-refractivity contribution in [2.24, 2.45) is 4.99 Å². The van der Waals surface area contributed by atoms with Gasteiger partial charge in [0.25, 0.3) is 0 Å². The molecule has 3 aromatic heterocycles. The fourth-order valence-corrected chi connectivity index (χ4v) is 5.29. The Bertz CT molecular complexity index is 1740. The molecule has 37 heavy (non-hydrogen) atoms. The van der Waals surface area contributed by atoms with Crippen LogP contribution in [0.25, 0.3) is 33.3 Å². The maximum atomic E-state index is 5.23. The van der Waals surface area contributed by atoms with E-state index in [-0.39, 0.29) is 5.92 Å². The minimum atomic E-state index is 0.106. The van der Waals surface area contributed by atoms with Crippen LogP contribution in [-0.4, -0.2) is 20.2 Å². The van der Waals surface area contributed by atoms with Gasteiger partial charge in [-0.15, -0.1) is 0 Å². The molecule has 4 nitrogen and oxygen atoms in total. The van der Waals surface area contributed by atoms with Crippen LogP contribution in [0.2, 0.25) is 0 Å². The van der Waals surface area contributed by atoms with Gasteiger partial charge in [0.05, 0.1) is 28.6 Å². The summed E-state index contributed by atoms with van der Waals surface area (Å²) in [5.74, 6) is 1.00. The fraction of sp³-hybridized carbons (Fsp3) is 0.0606. The first-order valence-corrected chi connectivity index (χ1v) is 12.6. The Balaban J connectivity index is 1.37. The number of benzene rings is 3. The van der Waals surface area contributed by atoms with E-state index in [1.54, 1.807) is 0 Å². The monoisotopic (exact) mass is 476 g/mol. The van der Waals surface area contributed by atoms with Crippen molar-refractivity contribution < 1.29 is 0 Å². The third kappa shape index (κ3) is 3.83. The van der Waals surface area contributed by atoms with Crippen LogP contribution in [0.15, 0.2) is 133 Å². The molecule has 7 rings (SSSR count).